The van der Waals surface area contributed by atoms with Crippen LogP contribution in [0.5, 0.6) is 5.75 Å². The molecule has 118 valence electrons. The maximum atomic E-state index is 12.0. The second-order valence-electron chi connectivity index (χ2n) is 4.84. The zero-order valence-electron chi connectivity index (χ0n) is 11.7. The van der Waals surface area contributed by atoms with Crippen molar-refractivity contribution in [2.45, 2.75) is 32.0 Å². The van der Waals surface area contributed by atoms with Gasteiger partial charge in [0, 0.05) is 17.7 Å². The van der Waals surface area contributed by atoms with Crippen molar-refractivity contribution in [1.29, 1.82) is 0 Å². The van der Waals surface area contributed by atoms with Crippen molar-refractivity contribution in [3.05, 3.63) is 52.2 Å². The average molecular weight is 328 g/mol. The third-order valence-corrected chi connectivity index (χ3v) is 3.95. The molecule has 0 atom stereocenters. The Morgan fingerprint density at radius 1 is 1.14 bits per heavy atom. The number of alkyl halides is 3. The number of ether oxygens (including phenoxy) is 1. The third-order valence-electron chi connectivity index (χ3n) is 3.02. The molecule has 0 saturated carbocycles. The van der Waals surface area contributed by atoms with Crippen LogP contribution in [0.1, 0.15) is 23.3 Å². The van der Waals surface area contributed by atoms with E-state index in [1.165, 1.54) is 29.1 Å². The van der Waals surface area contributed by atoms with Gasteiger partial charge in [-0.1, -0.05) is 18.2 Å². The number of hydrogen-bond donors (Lipinski definition) is 0. The van der Waals surface area contributed by atoms with Gasteiger partial charge in [-0.25, -0.2) is 0 Å². The number of ketones is 1. The van der Waals surface area contributed by atoms with Crippen LogP contribution in [-0.2, 0) is 17.6 Å². The molecule has 0 fully saturated rings. The number of hydrogen-bond acceptors (Lipinski definition) is 3. The van der Waals surface area contributed by atoms with Crippen LogP contribution >= 0.6 is 11.3 Å². The molecule has 0 N–H and O–H groups in total. The SMILES string of the molecule is O=C(CCCc1cccs1)Cc1ccc(OC(F)(F)F)cc1. The molecule has 2 rings (SSSR count). The van der Waals surface area contributed by atoms with E-state index in [1.54, 1.807) is 11.3 Å². The molecule has 2 aromatic rings. The van der Waals surface area contributed by atoms with Gasteiger partial charge in [-0.05, 0) is 42.0 Å². The highest BCUT2D eigenvalue weighted by Crippen LogP contribution is 2.23. The molecule has 0 aliphatic carbocycles. The predicted octanol–water partition coefficient (Wildman–Crippen LogP) is 4.78. The van der Waals surface area contributed by atoms with E-state index < -0.39 is 6.36 Å². The van der Waals surface area contributed by atoms with E-state index in [1.807, 2.05) is 17.5 Å². The van der Waals surface area contributed by atoms with Crippen LogP contribution in [0, 0.1) is 0 Å². The molecule has 0 saturated heterocycles. The minimum Gasteiger partial charge on any atom is -0.406 e. The first kappa shape index (κ1) is 16.5. The standard InChI is InChI=1S/C16H15F3O2S/c17-16(18,19)21-14-8-6-12(7-9-14)11-13(20)3-1-4-15-5-2-10-22-15/h2,5-10H,1,3-4,11H2. The Bertz CT molecular complexity index is 589. The fourth-order valence-corrected chi connectivity index (χ4v) is 2.79. The smallest absolute Gasteiger partial charge is 0.406 e. The van der Waals surface area contributed by atoms with Crippen molar-refractivity contribution in [3.8, 4) is 5.75 Å². The molecule has 0 aliphatic heterocycles. The van der Waals surface area contributed by atoms with Crippen molar-refractivity contribution < 1.29 is 22.7 Å². The van der Waals surface area contributed by atoms with Crippen LogP contribution in [0.25, 0.3) is 0 Å². The summed E-state index contributed by atoms with van der Waals surface area (Å²) in [6.07, 6.45) is -2.33. The Kier molecular flexibility index (Phi) is 5.60. The molecular weight excluding hydrogens is 313 g/mol. The second kappa shape index (κ2) is 7.45. The summed E-state index contributed by atoms with van der Waals surface area (Å²) < 4.78 is 39.9. The second-order valence-corrected chi connectivity index (χ2v) is 5.87. The van der Waals surface area contributed by atoms with E-state index in [4.69, 9.17) is 0 Å². The number of Topliss-reactive ketones (excluding diaryl/α,β-unsaturated/α-hetero) is 1. The number of thiophene rings is 1. The van der Waals surface area contributed by atoms with Crippen LogP contribution in [0.3, 0.4) is 0 Å². The summed E-state index contributed by atoms with van der Waals surface area (Å²) >= 11 is 1.67. The van der Waals surface area contributed by atoms with Crippen molar-refractivity contribution in [2.75, 3.05) is 0 Å². The normalized spacial score (nSPS) is 11.4. The van der Waals surface area contributed by atoms with Gasteiger partial charge in [0.1, 0.15) is 11.5 Å². The predicted molar refractivity (Wildman–Crippen MR) is 79.1 cm³/mol. The summed E-state index contributed by atoms with van der Waals surface area (Å²) in [7, 11) is 0. The maximum Gasteiger partial charge on any atom is 0.573 e. The Morgan fingerprint density at radius 3 is 2.45 bits per heavy atom. The highest BCUT2D eigenvalue weighted by Gasteiger charge is 2.30. The van der Waals surface area contributed by atoms with Gasteiger partial charge in [-0.3, -0.25) is 4.79 Å². The molecule has 2 nitrogen and oxygen atoms in total. The maximum absolute atomic E-state index is 12.0. The van der Waals surface area contributed by atoms with E-state index in [0.717, 1.165) is 12.8 Å². The van der Waals surface area contributed by atoms with Crippen molar-refractivity contribution in [3.63, 3.8) is 0 Å². The molecule has 1 heterocycles. The van der Waals surface area contributed by atoms with Crippen LogP contribution in [0.2, 0.25) is 0 Å². The quantitative estimate of drug-likeness (QED) is 0.731. The van der Waals surface area contributed by atoms with E-state index >= 15 is 0 Å². The lowest BCUT2D eigenvalue weighted by Crippen LogP contribution is -2.17. The zero-order chi connectivity index (χ0) is 16.0. The van der Waals surface area contributed by atoms with E-state index in [0.29, 0.717) is 12.0 Å². The van der Waals surface area contributed by atoms with Gasteiger partial charge in [-0.2, -0.15) is 0 Å². The third kappa shape index (κ3) is 5.89. The number of rotatable bonds is 7. The van der Waals surface area contributed by atoms with Gasteiger partial charge in [0.05, 0.1) is 0 Å². The minimum absolute atomic E-state index is 0.0843. The number of aryl methyl sites for hydroxylation is 1. The first-order valence-corrected chi connectivity index (χ1v) is 7.69. The van der Waals surface area contributed by atoms with Gasteiger partial charge in [0.25, 0.3) is 0 Å². The Labute approximate surface area is 130 Å². The average Bonchev–Trinajstić information content (AvgIpc) is 2.92. The zero-order valence-corrected chi connectivity index (χ0v) is 12.5. The fraction of sp³-hybridized carbons (Fsp3) is 0.312. The highest BCUT2D eigenvalue weighted by atomic mass is 32.1. The number of carbonyl (C=O) groups excluding carboxylic acids is 1. The van der Waals surface area contributed by atoms with E-state index in [-0.39, 0.29) is 18.0 Å². The molecule has 0 amide bonds. The molecular formula is C16H15F3O2S. The Hall–Kier alpha value is -1.82. The van der Waals surface area contributed by atoms with E-state index in [2.05, 4.69) is 4.74 Å². The minimum atomic E-state index is -4.70. The fourth-order valence-electron chi connectivity index (χ4n) is 2.04. The van der Waals surface area contributed by atoms with Gasteiger partial charge in [-0.15, -0.1) is 24.5 Å². The summed E-state index contributed by atoms with van der Waals surface area (Å²) in [6.45, 7) is 0. The molecule has 0 spiro atoms. The monoisotopic (exact) mass is 328 g/mol. The molecule has 1 aromatic carbocycles. The molecule has 1 aromatic heterocycles. The van der Waals surface area contributed by atoms with Crippen LogP contribution in [0.15, 0.2) is 41.8 Å². The first-order chi connectivity index (χ1) is 10.4. The molecule has 0 bridgehead atoms. The van der Waals surface area contributed by atoms with Crippen molar-refractivity contribution in [1.82, 2.24) is 0 Å². The molecule has 0 aliphatic rings. The van der Waals surface area contributed by atoms with Crippen LogP contribution < -0.4 is 4.74 Å². The lowest BCUT2D eigenvalue weighted by atomic mass is 10.0. The molecule has 0 radical (unpaired) electrons. The van der Waals surface area contributed by atoms with Crippen LogP contribution in [0.4, 0.5) is 13.2 Å². The summed E-state index contributed by atoms with van der Waals surface area (Å²) in [5.74, 6) is -0.192. The van der Waals surface area contributed by atoms with Gasteiger partial charge in [0.2, 0.25) is 0 Å². The molecule has 6 heteroatoms. The van der Waals surface area contributed by atoms with Crippen LogP contribution in [-0.4, -0.2) is 12.1 Å². The Morgan fingerprint density at radius 2 is 1.86 bits per heavy atom. The molecule has 22 heavy (non-hydrogen) atoms. The lowest BCUT2D eigenvalue weighted by Gasteiger charge is -2.09. The molecule has 0 unspecified atom stereocenters. The summed E-state index contributed by atoms with van der Waals surface area (Å²) in [4.78, 5) is 13.1. The summed E-state index contributed by atoms with van der Waals surface area (Å²) in [6, 6.07) is 9.43. The number of carbonyl (C=O) groups is 1. The summed E-state index contributed by atoms with van der Waals surface area (Å²) in [5.41, 5.74) is 0.690. The van der Waals surface area contributed by atoms with Gasteiger partial charge < -0.3 is 4.74 Å². The van der Waals surface area contributed by atoms with Gasteiger partial charge >= 0.3 is 6.36 Å². The lowest BCUT2D eigenvalue weighted by molar-refractivity contribution is -0.274. The summed E-state index contributed by atoms with van der Waals surface area (Å²) in [5, 5.41) is 2.00. The number of halogens is 3. The first-order valence-electron chi connectivity index (χ1n) is 6.81. The number of benzene rings is 1. The topological polar surface area (TPSA) is 26.3 Å². The van der Waals surface area contributed by atoms with Crippen molar-refractivity contribution in [2.24, 2.45) is 0 Å². The highest BCUT2D eigenvalue weighted by molar-refractivity contribution is 7.09. The Balaban J connectivity index is 1.76. The van der Waals surface area contributed by atoms with E-state index in [9.17, 15) is 18.0 Å². The van der Waals surface area contributed by atoms with Crippen molar-refractivity contribution >= 4 is 17.1 Å². The largest absolute Gasteiger partial charge is 0.573 e. The van der Waals surface area contributed by atoms with Gasteiger partial charge in [0.15, 0.2) is 0 Å².